The van der Waals surface area contributed by atoms with Crippen molar-refractivity contribution >= 4 is 11.8 Å². The van der Waals surface area contributed by atoms with E-state index in [0.29, 0.717) is 0 Å². The van der Waals surface area contributed by atoms with Gasteiger partial charge in [-0.1, -0.05) is 6.07 Å². The third kappa shape index (κ3) is 3.06. The van der Waals surface area contributed by atoms with Gasteiger partial charge in [-0.3, -0.25) is 0 Å². The van der Waals surface area contributed by atoms with Crippen LogP contribution in [0.15, 0.2) is 18.2 Å². The van der Waals surface area contributed by atoms with Gasteiger partial charge < -0.3 is 5.73 Å². The van der Waals surface area contributed by atoms with Gasteiger partial charge in [0.2, 0.25) is 0 Å². The summed E-state index contributed by atoms with van der Waals surface area (Å²) in [5.74, 6) is 1.97. The molecule has 1 rings (SSSR count). The van der Waals surface area contributed by atoms with Crippen molar-refractivity contribution in [1.82, 2.24) is 0 Å². The molecule has 14 heavy (non-hydrogen) atoms. The fourth-order valence-electron chi connectivity index (χ4n) is 1.19. The molecule has 0 fully saturated rings. The van der Waals surface area contributed by atoms with Crippen molar-refractivity contribution in [2.24, 2.45) is 5.73 Å². The minimum absolute atomic E-state index is 0.722. The van der Waals surface area contributed by atoms with Crippen LogP contribution < -0.4 is 5.73 Å². The van der Waals surface area contributed by atoms with Crippen LogP contribution in [-0.2, 0) is 5.75 Å². The summed E-state index contributed by atoms with van der Waals surface area (Å²) in [6.07, 6.45) is 0. The molecular weight excluding hydrogens is 192 g/mol. The summed E-state index contributed by atoms with van der Waals surface area (Å²) < 4.78 is 0. The highest BCUT2D eigenvalue weighted by atomic mass is 32.2. The van der Waals surface area contributed by atoms with Crippen LogP contribution in [0.5, 0.6) is 0 Å². The van der Waals surface area contributed by atoms with E-state index >= 15 is 0 Å². The third-order valence-corrected chi connectivity index (χ3v) is 3.03. The van der Waals surface area contributed by atoms with Gasteiger partial charge in [-0.05, 0) is 30.2 Å². The van der Waals surface area contributed by atoms with Crippen LogP contribution in [0.2, 0.25) is 0 Å². The number of nitrogens with zero attached hydrogens (tertiary/aromatic N) is 1. The molecule has 0 aliphatic carbocycles. The zero-order valence-electron chi connectivity index (χ0n) is 8.29. The van der Waals surface area contributed by atoms with Gasteiger partial charge in [0, 0.05) is 18.1 Å². The average molecular weight is 206 g/mol. The highest BCUT2D eigenvalue weighted by molar-refractivity contribution is 7.98. The minimum atomic E-state index is 0.722. The van der Waals surface area contributed by atoms with E-state index in [1.54, 1.807) is 0 Å². The van der Waals surface area contributed by atoms with E-state index in [4.69, 9.17) is 11.0 Å². The number of nitrogens with two attached hydrogens (primary N) is 1. The normalized spacial score (nSPS) is 9.79. The second-order valence-electron chi connectivity index (χ2n) is 3.09. The standard InChI is InChI=1S/C11H14N2S/c1-9-6-10(7-13)2-3-11(9)8-14-5-4-12/h2-3,6H,4-5,8,12H2,1H3. The summed E-state index contributed by atoms with van der Waals surface area (Å²) in [5.41, 5.74) is 8.63. The SMILES string of the molecule is Cc1cc(C#N)ccc1CSCCN. The van der Waals surface area contributed by atoms with Gasteiger partial charge in [0.15, 0.2) is 0 Å². The minimum Gasteiger partial charge on any atom is -0.330 e. The van der Waals surface area contributed by atoms with Crippen LogP contribution in [-0.4, -0.2) is 12.3 Å². The third-order valence-electron chi connectivity index (χ3n) is 1.99. The Balaban J connectivity index is 2.65. The quantitative estimate of drug-likeness (QED) is 0.767. The number of hydrogen-bond donors (Lipinski definition) is 1. The molecule has 0 aliphatic heterocycles. The zero-order chi connectivity index (χ0) is 10.4. The number of nitriles is 1. The van der Waals surface area contributed by atoms with E-state index in [1.165, 1.54) is 11.1 Å². The molecule has 2 nitrogen and oxygen atoms in total. The Labute approximate surface area is 89.1 Å². The zero-order valence-corrected chi connectivity index (χ0v) is 9.10. The van der Waals surface area contributed by atoms with Crippen molar-refractivity contribution < 1.29 is 0 Å². The molecule has 0 amide bonds. The lowest BCUT2D eigenvalue weighted by atomic mass is 10.1. The number of benzene rings is 1. The molecule has 0 heterocycles. The molecule has 0 aromatic heterocycles. The summed E-state index contributed by atoms with van der Waals surface area (Å²) in [6, 6.07) is 7.96. The van der Waals surface area contributed by atoms with E-state index < -0.39 is 0 Å². The molecule has 0 spiro atoms. The number of rotatable bonds is 4. The fourth-order valence-corrected chi connectivity index (χ4v) is 2.05. The highest BCUT2D eigenvalue weighted by Crippen LogP contribution is 2.16. The maximum absolute atomic E-state index is 8.70. The maximum atomic E-state index is 8.70. The lowest BCUT2D eigenvalue weighted by molar-refractivity contribution is 1.15. The van der Waals surface area contributed by atoms with Crippen molar-refractivity contribution in [2.75, 3.05) is 12.3 Å². The lowest BCUT2D eigenvalue weighted by Crippen LogP contribution is -2.01. The second-order valence-corrected chi connectivity index (χ2v) is 4.20. The monoisotopic (exact) mass is 206 g/mol. The Morgan fingerprint density at radius 3 is 2.86 bits per heavy atom. The summed E-state index contributed by atoms with van der Waals surface area (Å²) >= 11 is 1.83. The van der Waals surface area contributed by atoms with Crippen LogP contribution in [0.25, 0.3) is 0 Å². The first kappa shape index (κ1) is 11.1. The maximum Gasteiger partial charge on any atom is 0.0991 e. The van der Waals surface area contributed by atoms with Crippen LogP contribution in [0.1, 0.15) is 16.7 Å². The predicted molar refractivity (Wildman–Crippen MR) is 61.1 cm³/mol. The Morgan fingerprint density at radius 2 is 2.29 bits per heavy atom. The molecule has 0 aliphatic rings. The van der Waals surface area contributed by atoms with Gasteiger partial charge in [-0.2, -0.15) is 17.0 Å². The number of hydrogen-bond acceptors (Lipinski definition) is 3. The first-order chi connectivity index (χ1) is 6.77. The summed E-state index contributed by atoms with van der Waals surface area (Å²) in [6.45, 7) is 2.76. The van der Waals surface area contributed by atoms with Crippen molar-refractivity contribution in [3.63, 3.8) is 0 Å². The first-order valence-electron chi connectivity index (χ1n) is 4.55. The number of thioether (sulfide) groups is 1. The van der Waals surface area contributed by atoms with Crippen LogP contribution in [0.4, 0.5) is 0 Å². The van der Waals surface area contributed by atoms with Gasteiger partial charge >= 0.3 is 0 Å². The molecule has 0 radical (unpaired) electrons. The van der Waals surface area contributed by atoms with E-state index in [0.717, 1.165) is 23.6 Å². The molecular formula is C11H14N2S. The molecule has 0 saturated carbocycles. The van der Waals surface area contributed by atoms with Crippen LogP contribution >= 0.6 is 11.8 Å². The fraction of sp³-hybridized carbons (Fsp3) is 0.364. The molecule has 0 saturated heterocycles. The molecule has 1 aromatic rings. The lowest BCUT2D eigenvalue weighted by Gasteiger charge is -2.04. The summed E-state index contributed by atoms with van der Waals surface area (Å²) in [7, 11) is 0. The number of aryl methyl sites for hydroxylation is 1. The Hall–Kier alpha value is -0.980. The largest absolute Gasteiger partial charge is 0.330 e. The molecule has 74 valence electrons. The van der Waals surface area contributed by atoms with E-state index in [2.05, 4.69) is 6.07 Å². The highest BCUT2D eigenvalue weighted by Gasteiger charge is 1.99. The van der Waals surface area contributed by atoms with Crippen molar-refractivity contribution in [2.45, 2.75) is 12.7 Å². The van der Waals surface area contributed by atoms with Crippen molar-refractivity contribution in [1.29, 1.82) is 5.26 Å². The van der Waals surface area contributed by atoms with Gasteiger partial charge in [0.25, 0.3) is 0 Å². The van der Waals surface area contributed by atoms with E-state index in [-0.39, 0.29) is 0 Å². The van der Waals surface area contributed by atoms with E-state index in [1.807, 2.05) is 36.9 Å². The van der Waals surface area contributed by atoms with Crippen molar-refractivity contribution in [3.05, 3.63) is 34.9 Å². The topological polar surface area (TPSA) is 49.8 Å². The molecule has 0 unspecified atom stereocenters. The molecule has 3 heteroatoms. The molecule has 1 aromatic carbocycles. The molecule has 2 N–H and O–H groups in total. The molecule has 0 bridgehead atoms. The Bertz CT molecular complexity index is 342. The van der Waals surface area contributed by atoms with Crippen LogP contribution in [0, 0.1) is 18.3 Å². The van der Waals surface area contributed by atoms with Gasteiger partial charge in [-0.15, -0.1) is 0 Å². The smallest absolute Gasteiger partial charge is 0.0991 e. The van der Waals surface area contributed by atoms with Gasteiger partial charge in [0.05, 0.1) is 11.6 Å². The van der Waals surface area contributed by atoms with Gasteiger partial charge in [-0.25, -0.2) is 0 Å². The van der Waals surface area contributed by atoms with Crippen molar-refractivity contribution in [3.8, 4) is 6.07 Å². The predicted octanol–water partition coefficient (Wildman–Crippen LogP) is 2.06. The second kappa shape index (κ2) is 5.69. The van der Waals surface area contributed by atoms with E-state index in [9.17, 15) is 0 Å². The van der Waals surface area contributed by atoms with Crippen LogP contribution in [0.3, 0.4) is 0 Å². The Morgan fingerprint density at radius 1 is 1.50 bits per heavy atom. The summed E-state index contributed by atoms with van der Waals surface area (Å²) in [5, 5.41) is 8.70. The average Bonchev–Trinajstić information content (AvgIpc) is 2.20. The first-order valence-corrected chi connectivity index (χ1v) is 5.71. The molecule has 0 atom stereocenters. The summed E-state index contributed by atoms with van der Waals surface area (Å²) in [4.78, 5) is 0. The Kier molecular flexibility index (Phi) is 4.51. The van der Waals surface area contributed by atoms with Gasteiger partial charge in [0.1, 0.15) is 0 Å².